The molecule has 2 aliphatic heterocycles. The maximum Gasteiger partial charge on any atom is 0.117 e. The Bertz CT molecular complexity index is 194. The first kappa shape index (κ1) is 10.8. The molecule has 3 unspecified atom stereocenters. The minimum absolute atomic E-state index is 0.0397. The molecule has 2 aliphatic rings. The number of thioether (sulfide) groups is 1. The molecule has 0 radical (unpaired) electrons. The van der Waals surface area contributed by atoms with Gasteiger partial charge in [-0.25, -0.2) is 0 Å². The van der Waals surface area contributed by atoms with Gasteiger partial charge in [0, 0.05) is 6.54 Å². The molecule has 0 amide bonds. The molecule has 0 aliphatic carbocycles. The van der Waals surface area contributed by atoms with E-state index in [0.29, 0.717) is 6.10 Å². The van der Waals surface area contributed by atoms with Gasteiger partial charge in [-0.1, -0.05) is 0 Å². The summed E-state index contributed by atoms with van der Waals surface area (Å²) in [5.41, 5.74) is -0.0397. The molecule has 0 aromatic rings. The van der Waals surface area contributed by atoms with Crippen LogP contribution in [0, 0.1) is 5.92 Å². The molecule has 2 rings (SSSR count). The van der Waals surface area contributed by atoms with Gasteiger partial charge < -0.3 is 4.74 Å². The number of hydrogen-bond donors (Lipinski definition) is 1. The average Bonchev–Trinajstić information content (AvgIpc) is 2.47. The Morgan fingerprint density at radius 2 is 2.43 bits per heavy atom. The van der Waals surface area contributed by atoms with Crippen molar-refractivity contribution < 1.29 is 4.74 Å². The molecule has 0 aromatic heterocycles. The molecule has 82 valence electrons. The molecule has 14 heavy (non-hydrogen) atoms. The number of rotatable bonds is 2. The highest BCUT2D eigenvalue weighted by Crippen LogP contribution is 2.32. The van der Waals surface area contributed by atoms with Gasteiger partial charge in [0.15, 0.2) is 0 Å². The summed E-state index contributed by atoms with van der Waals surface area (Å²) >= 11 is 2.10. The van der Waals surface area contributed by atoms with Crippen LogP contribution in [0.4, 0.5) is 0 Å². The van der Waals surface area contributed by atoms with E-state index in [1.165, 1.54) is 30.8 Å². The van der Waals surface area contributed by atoms with E-state index in [1.54, 1.807) is 0 Å². The van der Waals surface area contributed by atoms with Crippen LogP contribution in [0.1, 0.15) is 33.1 Å². The predicted octanol–water partition coefficient (Wildman–Crippen LogP) is 2.24. The van der Waals surface area contributed by atoms with Crippen molar-refractivity contribution in [2.24, 2.45) is 5.92 Å². The van der Waals surface area contributed by atoms with Gasteiger partial charge >= 0.3 is 0 Å². The zero-order valence-corrected chi connectivity index (χ0v) is 10.0. The van der Waals surface area contributed by atoms with E-state index < -0.39 is 0 Å². The lowest BCUT2D eigenvalue weighted by Crippen LogP contribution is -2.40. The summed E-state index contributed by atoms with van der Waals surface area (Å²) in [6.07, 6.45) is 4.35. The Kier molecular flexibility index (Phi) is 3.40. The first-order valence-electron chi connectivity index (χ1n) is 5.68. The molecule has 0 spiro atoms. The van der Waals surface area contributed by atoms with Gasteiger partial charge in [-0.05, 0) is 50.5 Å². The van der Waals surface area contributed by atoms with Gasteiger partial charge in [-0.15, -0.1) is 0 Å². The van der Waals surface area contributed by atoms with E-state index in [4.69, 9.17) is 4.74 Å². The minimum atomic E-state index is -0.0397. The molecule has 2 heterocycles. The van der Waals surface area contributed by atoms with Gasteiger partial charge in [0.1, 0.15) is 5.72 Å². The Labute approximate surface area is 91.2 Å². The van der Waals surface area contributed by atoms with Gasteiger partial charge in [-0.2, -0.15) is 11.8 Å². The normalized spacial score (nSPS) is 44.1. The molecule has 0 bridgehead atoms. The van der Waals surface area contributed by atoms with E-state index >= 15 is 0 Å². The van der Waals surface area contributed by atoms with Crippen molar-refractivity contribution in [3.8, 4) is 0 Å². The summed E-state index contributed by atoms with van der Waals surface area (Å²) in [5.74, 6) is 3.55. The lowest BCUT2D eigenvalue weighted by atomic mass is 9.95. The Morgan fingerprint density at radius 3 is 3.00 bits per heavy atom. The van der Waals surface area contributed by atoms with E-state index in [2.05, 4.69) is 30.9 Å². The molecule has 0 aromatic carbocycles. The molecular formula is C11H21NOS. The van der Waals surface area contributed by atoms with Gasteiger partial charge in [0.25, 0.3) is 0 Å². The lowest BCUT2D eigenvalue weighted by molar-refractivity contribution is -0.0448. The second-order valence-electron chi connectivity index (χ2n) is 4.83. The van der Waals surface area contributed by atoms with E-state index in [1.807, 2.05) is 0 Å². The second kappa shape index (κ2) is 4.42. The van der Waals surface area contributed by atoms with Gasteiger partial charge in [0.05, 0.1) is 6.10 Å². The van der Waals surface area contributed by atoms with Crippen molar-refractivity contribution in [3.63, 3.8) is 0 Å². The molecule has 2 saturated heterocycles. The summed E-state index contributed by atoms with van der Waals surface area (Å²) < 4.78 is 5.93. The van der Waals surface area contributed by atoms with Crippen LogP contribution < -0.4 is 5.32 Å². The maximum atomic E-state index is 5.93. The van der Waals surface area contributed by atoms with Crippen molar-refractivity contribution in [2.75, 3.05) is 18.1 Å². The maximum absolute atomic E-state index is 5.93. The molecule has 2 fully saturated rings. The van der Waals surface area contributed by atoms with Crippen LogP contribution in [0.2, 0.25) is 0 Å². The fourth-order valence-electron chi connectivity index (χ4n) is 2.53. The van der Waals surface area contributed by atoms with Crippen LogP contribution in [0.15, 0.2) is 0 Å². The summed E-state index contributed by atoms with van der Waals surface area (Å²) in [5, 5.41) is 3.50. The van der Waals surface area contributed by atoms with Crippen molar-refractivity contribution in [1.29, 1.82) is 0 Å². The number of nitrogens with one attached hydrogen (secondary N) is 1. The minimum Gasteiger partial charge on any atom is -0.357 e. The molecule has 0 saturated carbocycles. The third-order valence-corrected chi connectivity index (χ3v) is 4.44. The standard InChI is InChI=1S/C11H21NOS/c1-9-7-12-11(2,13-9)6-10-4-3-5-14-8-10/h9-10,12H,3-8H2,1-2H3. The van der Waals surface area contributed by atoms with Crippen molar-refractivity contribution in [3.05, 3.63) is 0 Å². The van der Waals surface area contributed by atoms with E-state index in [9.17, 15) is 0 Å². The highest BCUT2D eigenvalue weighted by Gasteiger charge is 2.35. The van der Waals surface area contributed by atoms with Crippen LogP contribution in [-0.4, -0.2) is 29.9 Å². The van der Waals surface area contributed by atoms with Crippen LogP contribution >= 0.6 is 11.8 Å². The quantitative estimate of drug-likeness (QED) is 0.763. The fourth-order valence-corrected chi connectivity index (χ4v) is 3.68. The van der Waals surface area contributed by atoms with E-state index in [0.717, 1.165) is 12.5 Å². The number of ether oxygens (including phenoxy) is 1. The largest absolute Gasteiger partial charge is 0.357 e. The van der Waals surface area contributed by atoms with Gasteiger partial charge in [-0.3, -0.25) is 5.32 Å². The summed E-state index contributed by atoms with van der Waals surface area (Å²) in [6.45, 7) is 5.36. The molecule has 3 heteroatoms. The average molecular weight is 215 g/mol. The Balaban J connectivity index is 1.83. The smallest absolute Gasteiger partial charge is 0.117 e. The zero-order chi connectivity index (χ0) is 10.0. The molecule has 3 atom stereocenters. The zero-order valence-electron chi connectivity index (χ0n) is 9.21. The topological polar surface area (TPSA) is 21.3 Å². The molecule has 1 N–H and O–H groups in total. The van der Waals surface area contributed by atoms with Crippen LogP contribution in [-0.2, 0) is 4.74 Å². The summed E-state index contributed by atoms with van der Waals surface area (Å²) in [4.78, 5) is 0. The van der Waals surface area contributed by atoms with Crippen molar-refractivity contribution >= 4 is 11.8 Å². The predicted molar refractivity (Wildman–Crippen MR) is 61.6 cm³/mol. The van der Waals surface area contributed by atoms with E-state index in [-0.39, 0.29) is 5.72 Å². The third-order valence-electron chi connectivity index (χ3n) is 3.16. The third kappa shape index (κ3) is 2.65. The SMILES string of the molecule is CC1CNC(C)(CC2CCCSC2)O1. The lowest BCUT2D eigenvalue weighted by Gasteiger charge is -2.31. The molecule has 2 nitrogen and oxygen atoms in total. The van der Waals surface area contributed by atoms with Crippen LogP contribution in [0.25, 0.3) is 0 Å². The van der Waals surface area contributed by atoms with Crippen LogP contribution in [0.5, 0.6) is 0 Å². The summed E-state index contributed by atoms with van der Waals surface area (Å²) in [7, 11) is 0. The first-order chi connectivity index (χ1) is 6.68. The first-order valence-corrected chi connectivity index (χ1v) is 6.84. The van der Waals surface area contributed by atoms with Crippen molar-refractivity contribution in [1.82, 2.24) is 5.32 Å². The van der Waals surface area contributed by atoms with Crippen LogP contribution in [0.3, 0.4) is 0 Å². The Morgan fingerprint density at radius 1 is 1.57 bits per heavy atom. The highest BCUT2D eigenvalue weighted by atomic mass is 32.2. The fraction of sp³-hybridized carbons (Fsp3) is 1.00. The van der Waals surface area contributed by atoms with Crippen molar-refractivity contribution in [2.45, 2.75) is 44.9 Å². The molecular weight excluding hydrogens is 194 g/mol. The Hall–Kier alpha value is 0.270. The second-order valence-corrected chi connectivity index (χ2v) is 5.98. The highest BCUT2D eigenvalue weighted by molar-refractivity contribution is 7.99. The number of hydrogen-bond acceptors (Lipinski definition) is 3. The van der Waals surface area contributed by atoms with Gasteiger partial charge in [0.2, 0.25) is 0 Å². The monoisotopic (exact) mass is 215 g/mol. The summed E-state index contributed by atoms with van der Waals surface area (Å²) in [6, 6.07) is 0.